The number of benzene rings is 3. The van der Waals surface area contributed by atoms with Gasteiger partial charge in [-0.25, -0.2) is 8.42 Å². The molecule has 3 aromatic carbocycles. The van der Waals surface area contributed by atoms with Crippen LogP contribution < -0.4 is 9.62 Å². The summed E-state index contributed by atoms with van der Waals surface area (Å²) < 4.78 is 29.3. The summed E-state index contributed by atoms with van der Waals surface area (Å²) in [6, 6.07) is 19.1. The minimum absolute atomic E-state index is 0.0959. The highest BCUT2D eigenvalue weighted by Gasteiger charge is 2.33. The molecule has 0 saturated heterocycles. The van der Waals surface area contributed by atoms with Crippen molar-refractivity contribution < 1.29 is 18.0 Å². The molecule has 1 aliphatic carbocycles. The van der Waals surface area contributed by atoms with E-state index in [1.54, 1.807) is 43.3 Å². The SMILES string of the molecule is Cc1ccc(S(=O)(=O)N(CC(=O)N(Cc2cccc(C)c2)C(C)C(=O)NC2CCCCC2)c2ccc(C)c(C)c2)cc1. The largest absolute Gasteiger partial charge is 0.352 e. The van der Waals surface area contributed by atoms with Crippen molar-refractivity contribution in [2.45, 2.75) is 90.2 Å². The van der Waals surface area contributed by atoms with Crippen LogP contribution in [0.2, 0.25) is 0 Å². The second-order valence-corrected chi connectivity index (χ2v) is 13.5. The van der Waals surface area contributed by atoms with Gasteiger partial charge in [0.25, 0.3) is 10.0 Å². The van der Waals surface area contributed by atoms with Crippen molar-refractivity contribution in [3.8, 4) is 0 Å². The van der Waals surface area contributed by atoms with Crippen LogP contribution in [-0.2, 0) is 26.2 Å². The van der Waals surface area contributed by atoms with E-state index in [1.165, 1.54) is 15.6 Å². The van der Waals surface area contributed by atoms with Gasteiger partial charge >= 0.3 is 0 Å². The molecule has 1 aliphatic rings. The monoisotopic (exact) mass is 589 g/mol. The molecule has 1 fully saturated rings. The Morgan fingerprint density at radius 1 is 0.857 bits per heavy atom. The molecule has 1 saturated carbocycles. The zero-order valence-corrected chi connectivity index (χ0v) is 26.2. The smallest absolute Gasteiger partial charge is 0.264 e. The molecular formula is C34H43N3O4S. The summed E-state index contributed by atoms with van der Waals surface area (Å²) in [4.78, 5) is 29.3. The number of nitrogens with one attached hydrogen (secondary N) is 1. The molecule has 3 aromatic rings. The summed E-state index contributed by atoms with van der Waals surface area (Å²) in [5, 5.41) is 3.15. The Bertz CT molecular complexity index is 1510. The fourth-order valence-electron chi connectivity index (χ4n) is 5.41. The van der Waals surface area contributed by atoms with Crippen molar-refractivity contribution in [1.29, 1.82) is 0 Å². The molecule has 0 aromatic heterocycles. The van der Waals surface area contributed by atoms with Crippen molar-refractivity contribution >= 4 is 27.5 Å². The Hall–Kier alpha value is -3.65. The number of carbonyl (C=O) groups is 2. The van der Waals surface area contributed by atoms with Crippen LogP contribution in [0, 0.1) is 27.7 Å². The van der Waals surface area contributed by atoms with Gasteiger partial charge in [0.05, 0.1) is 10.6 Å². The van der Waals surface area contributed by atoms with E-state index in [9.17, 15) is 18.0 Å². The third-order valence-corrected chi connectivity index (χ3v) is 10.0. The van der Waals surface area contributed by atoms with Crippen LogP contribution in [0.4, 0.5) is 5.69 Å². The number of amides is 2. The highest BCUT2D eigenvalue weighted by molar-refractivity contribution is 7.92. The second kappa shape index (κ2) is 13.6. The molecule has 8 heteroatoms. The van der Waals surface area contributed by atoms with Gasteiger partial charge in [0.2, 0.25) is 11.8 Å². The first kappa shape index (κ1) is 31.3. The van der Waals surface area contributed by atoms with Gasteiger partial charge < -0.3 is 10.2 Å². The number of rotatable bonds is 10. The van der Waals surface area contributed by atoms with Crippen molar-refractivity contribution in [1.82, 2.24) is 10.2 Å². The molecule has 224 valence electrons. The van der Waals surface area contributed by atoms with Crippen LogP contribution in [0.1, 0.15) is 66.8 Å². The maximum Gasteiger partial charge on any atom is 0.264 e. The second-order valence-electron chi connectivity index (χ2n) is 11.6. The Morgan fingerprint density at radius 2 is 1.55 bits per heavy atom. The van der Waals surface area contributed by atoms with Gasteiger partial charge in [-0.05, 0) is 88.4 Å². The predicted octanol–water partition coefficient (Wildman–Crippen LogP) is 5.98. The normalized spacial score (nSPS) is 14.7. The standard InChI is InChI=1S/C34H43N3O4S/c1-24-14-18-32(19-15-24)42(40,41)37(31-17-16-26(3)27(4)21-31)23-33(38)36(22-29-11-9-10-25(2)20-29)28(5)34(39)35-30-12-7-6-8-13-30/h9-11,14-21,28,30H,6-8,12-13,22-23H2,1-5H3,(H,35,39). The van der Waals surface area contributed by atoms with Gasteiger partial charge in [-0.1, -0.05) is 72.9 Å². The van der Waals surface area contributed by atoms with Gasteiger partial charge in [0.1, 0.15) is 12.6 Å². The van der Waals surface area contributed by atoms with Gasteiger partial charge in [-0.15, -0.1) is 0 Å². The lowest BCUT2D eigenvalue weighted by atomic mass is 9.95. The van der Waals surface area contributed by atoms with E-state index in [2.05, 4.69) is 5.32 Å². The van der Waals surface area contributed by atoms with Crippen LogP contribution in [0.15, 0.2) is 71.6 Å². The summed E-state index contributed by atoms with van der Waals surface area (Å²) in [6.45, 7) is 9.21. The van der Waals surface area contributed by atoms with Gasteiger partial charge in [-0.3, -0.25) is 13.9 Å². The molecule has 4 rings (SSSR count). The summed E-state index contributed by atoms with van der Waals surface area (Å²) >= 11 is 0. The first-order valence-electron chi connectivity index (χ1n) is 14.8. The van der Waals surface area contributed by atoms with E-state index in [0.717, 1.165) is 53.5 Å². The zero-order chi connectivity index (χ0) is 30.4. The van der Waals surface area contributed by atoms with E-state index in [4.69, 9.17) is 0 Å². The number of hydrogen-bond donors (Lipinski definition) is 1. The summed E-state index contributed by atoms with van der Waals surface area (Å²) in [5.41, 5.74) is 5.19. The van der Waals surface area contributed by atoms with E-state index >= 15 is 0 Å². The van der Waals surface area contributed by atoms with Crippen molar-refractivity contribution in [3.63, 3.8) is 0 Å². The lowest BCUT2D eigenvalue weighted by molar-refractivity contribution is -0.139. The molecule has 0 bridgehead atoms. The minimum atomic E-state index is -4.09. The number of sulfonamides is 1. The molecule has 0 aliphatic heterocycles. The fraction of sp³-hybridized carbons (Fsp3) is 0.412. The molecule has 1 N–H and O–H groups in total. The molecule has 0 heterocycles. The number of anilines is 1. The average molecular weight is 590 g/mol. The maximum absolute atomic E-state index is 14.2. The number of nitrogens with zero attached hydrogens (tertiary/aromatic N) is 2. The summed E-state index contributed by atoms with van der Waals surface area (Å²) in [5.74, 6) is -0.668. The third-order valence-electron chi connectivity index (χ3n) is 8.22. The Kier molecular flexibility index (Phi) is 10.1. The van der Waals surface area contributed by atoms with E-state index in [1.807, 2.05) is 58.0 Å². The van der Waals surface area contributed by atoms with Crippen LogP contribution >= 0.6 is 0 Å². The van der Waals surface area contributed by atoms with Gasteiger partial charge in [0.15, 0.2) is 0 Å². The molecule has 1 unspecified atom stereocenters. The topological polar surface area (TPSA) is 86.8 Å². The molecule has 7 nitrogen and oxygen atoms in total. The quantitative estimate of drug-likeness (QED) is 0.315. The number of carbonyl (C=O) groups excluding carboxylic acids is 2. The van der Waals surface area contributed by atoms with Crippen molar-refractivity contribution in [2.75, 3.05) is 10.8 Å². The third kappa shape index (κ3) is 7.59. The van der Waals surface area contributed by atoms with Gasteiger partial charge in [-0.2, -0.15) is 0 Å². The van der Waals surface area contributed by atoms with E-state index < -0.39 is 28.5 Å². The zero-order valence-electron chi connectivity index (χ0n) is 25.4. The number of hydrogen-bond acceptors (Lipinski definition) is 4. The maximum atomic E-state index is 14.2. The first-order chi connectivity index (χ1) is 20.0. The Labute approximate surface area is 251 Å². The van der Waals surface area contributed by atoms with Crippen LogP contribution in [-0.4, -0.2) is 43.8 Å². The predicted molar refractivity (Wildman–Crippen MR) is 168 cm³/mol. The summed E-state index contributed by atoms with van der Waals surface area (Å²) in [6.07, 6.45) is 5.18. The van der Waals surface area contributed by atoms with Crippen LogP contribution in [0.25, 0.3) is 0 Å². The average Bonchev–Trinajstić information content (AvgIpc) is 2.96. The highest BCUT2D eigenvalue weighted by Crippen LogP contribution is 2.27. The fourth-order valence-corrected chi connectivity index (χ4v) is 6.81. The molecular weight excluding hydrogens is 546 g/mol. The molecule has 42 heavy (non-hydrogen) atoms. The lowest BCUT2D eigenvalue weighted by Gasteiger charge is -2.33. The van der Waals surface area contributed by atoms with E-state index in [0.29, 0.717) is 5.69 Å². The molecule has 0 spiro atoms. The van der Waals surface area contributed by atoms with Crippen molar-refractivity contribution in [2.24, 2.45) is 0 Å². The van der Waals surface area contributed by atoms with Crippen LogP contribution in [0.3, 0.4) is 0 Å². The lowest BCUT2D eigenvalue weighted by Crippen LogP contribution is -2.53. The highest BCUT2D eigenvalue weighted by atomic mass is 32.2. The van der Waals surface area contributed by atoms with Gasteiger partial charge in [0, 0.05) is 12.6 Å². The molecule has 1 atom stereocenters. The molecule has 2 amide bonds. The minimum Gasteiger partial charge on any atom is -0.352 e. The first-order valence-corrected chi connectivity index (χ1v) is 16.2. The van der Waals surface area contributed by atoms with E-state index in [-0.39, 0.29) is 23.4 Å². The molecule has 0 radical (unpaired) electrons. The summed E-state index contributed by atoms with van der Waals surface area (Å²) in [7, 11) is -4.09. The number of aryl methyl sites for hydroxylation is 4. The van der Waals surface area contributed by atoms with Crippen molar-refractivity contribution in [3.05, 3.63) is 94.5 Å². The Balaban J connectivity index is 1.69. The Morgan fingerprint density at radius 3 is 2.19 bits per heavy atom. The van der Waals surface area contributed by atoms with Crippen LogP contribution in [0.5, 0.6) is 0 Å².